The van der Waals surface area contributed by atoms with Gasteiger partial charge in [0.1, 0.15) is 5.75 Å². The van der Waals surface area contributed by atoms with E-state index in [9.17, 15) is 0 Å². The highest BCUT2D eigenvalue weighted by Crippen LogP contribution is 2.37. The highest BCUT2D eigenvalue weighted by Gasteiger charge is 2.16. The minimum atomic E-state index is 0.213. The number of anilines is 1. The summed E-state index contributed by atoms with van der Waals surface area (Å²) in [6, 6.07) is 10.7. The molecule has 1 heterocycles. The van der Waals surface area contributed by atoms with Crippen molar-refractivity contribution in [1.29, 1.82) is 0 Å². The van der Waals surface area contributed by atoms with Crippen LogP contribution < -0.4 is 10.1 Å². The highest BCUT2D eigenvalue weighted by molar-refractivity contribution is 9.11. The number of halogens is 3. The Morgan fingerprint density at radius 1 is 1.10 bits per heavy atom. The number of nitrogens with one attached hydrogen (secondary N) is 1. The van der Waals surface area contributed by atoms with Crippen molar-refractivity contribution >= 4 is 53.5 Å². The molecule has 21 heavy (non-hydrogen) atoms. The number of benzene rings is 2. The molecule has 1 N–H and O–H groups in total. The van der Waals surface area contributed by atoms with Gasteiger partial charge in [-0.1, -0.05) is 22.0 Å². The van der Waals surface area contributed by atoms with E-state index < -0.39 is 0 Å². The summed E-state index contributed by atoms with van der Waals surface area (Å²) in [7, 11) is 0. The quantitative estimate of drug-likeness (QED) is 0.580. The van der Waals surface area contributed by atoms with Crippen LogP contribution in [0.5, 0.6) is 5.75 Å². The molecule has 0 spiro atoms. The Labute approximate surface area is 149 Å². The fourth-order valence-electron chi connectivity index (χ4n) is 2.46. The summed E-state index contributed by atoms with van der Waals surface area (Å²) in [5.41, 5.74) is 3.62. The van der Waals surface area contributed by atoms with E-state index in [0.29, 0.717) is 0 Å². The molecule has 2 nitrogen and oxygen atoms in total. The average molecular weight is 476 g/mol. The Kier molecular flexibility index (Phi) is 4.62. The molecule has 5 heteroatoms. The van der Waals surface area contributed by atoms with Crippen LogP contribution in [0.25, 0.3) is 0 Å². The van der Waals surface area contributed by atoms with Crippen LogP contribution in [0.15, 0.2) is 43.7 Å². The molecule has 0 saturated carbocycles. The predicted octanol–water partition coefficient (Wildman–Crippen LogP) is 6.08. The molecule has 0 amide bonds. The van der Waals surface area contributed by atoms with Gasteiger partial charge in [-0.3, -0.25) is 0 Å². The zero-order chi connectivity index (χ0) is 15.0. The van der Waals surface area contributed by atoms with E-state index in [0.717, 1.165) is 37.9 Å². The van der Waals surface area contributed by atoms with Crippen molar-refractivity contribution in [3.8, 4) is 5.75 Å². The highest BCUT2D eigenvalue weighted by atomic mass is 79.9. The van der Waals surface area contributed by atoms with E-state index in [-0.39, 0.29) is 6.04 Å². The van der Waals surface area contributed by atoms with Gasteiger partial charge < -0.3 is 10.1 Å². The van der Waals surface area contributed by atoms with Crippen LogP contribution in [0.1, 0.15) is 24.1 Å². The van der Waals surface area contributed by atoms with E-state index in [1.807, 2.05) is 12.1 Å². The maximum absolute atomic E-state index is 5.56. The molecule has 1 aliphatic rings. The first-order valence-corrected chi connectivity index (χ1v) is 9.09. The van der Waals surface area contributed by atoms with Crippen molar-refractivity contribution in [1.82, 2.24) is 0 Å². The van der Waals surface area contributed by atoms with Crippen molar-refractivity contribution in [2.24, 2.45) is 0 Å². The van der Waals surface area contributed by atoms with Crippen LogP contribution in [-0.4, -0.2) is 6.61 Å². The third kappa shape index (κ3) is 3.30. The smallest absolute Gasteiger partial charge is 0.122 e. The van der Waals surface area contributed by atoms with Gasteiger partial charge in [0.05, 0.1) is 12.3 Å². The lowest BCUT2D eigenvalue weighted by molar-refractivity contribution is 0.357. The molecule has 2 aromatic carbocycles. The second-order valence-corrected chi connectivity index (χ2v) is 7.70. The molecule has 2 aromatic rings. The van der Waals surface area contributed by atoms with Gasteiger partial charge in [0.25, 0.3) is 0 Å². The molecule has 0 fully saturated rings. The summed E-state index contributed by atoms with van der Waals surface area (Å²) in [5, 5.41) is 3.56. The molecular formula is C16H14Br3NO. The molecule has 0 radical (unpaired) electrons. The first-order chi connectivity index (χ1) is 10.0. The standard InChI is InChI=1S/C16H14Br3NO/c1-9(10-2-3-15-11(6-10)4-5-21-15)20-16-13(18)7-12(17)8-14(16)19/h2-3,6-9,20H,4-5H2,1H3. The van der Waals surface area contributed by atoms with Crippen LogP contribution in [-0.2, 0) is 6.42 Å². The van der Waals surface area contributed by atoms with E-state index in [1.165, 1.54) is 11.1 Å². The summed E-state index contributed by atoms with van der Waals surface area (Å²) < 4.78 is 8.65. The molecule has 1 unspecified atom stereocenters. The minimum Gasteiger partial charge on any atom is -0.493 e. The van der Waals surface area contributed by atoms with Crippen LogP contribution in [0, 0.1) is 0 Å². The summed E-state index contributed by atoms with van der Waals surface area (Å²) in [6.45, 7) is 2.96. The van der Waals surface area contributed by atoms with Crippen molar-refractivity contribution in [3.05, 3.63) is 54.9 Å². The van der Waals surface area contributed by atoms with Crippen LogP contribution in [0.2, 0.25) is 0 Å². The SMILES string of the molecule is CC(Nc1c(Br)cc(Br)cc1Br)c1ccc2c(c1)CCO2. The van der Waals surface area contributed by atoms with Crippen molar-refractivity contribution in [2.45, 2.75) is 19.4 Å². The van der Waals surface area contributed by atoms with Crippen molar-refractivity contribution in [2.75, 3.05) is 11.9 Å². The maximum atomic E-state index is 5.56. The van der Waals surface area contributed by atoms with Gasteiger partial charge in [0, 0.05) is 25.9 Å². The van der Waals surface area contributed by atoms with Gasteiger partial charge >= 0.3 is 0 Å². The first-order valence-electron chi connectivity index (χ1n) is 6.71. The Bertz CT molecular complexity index is 664. The van der Waals surface area contributed by atoms with Gasteiger partial charge in [-0.05, 0) is 74.2 Å². The summed E-state index contributed by atoms with van der Waals surface area (Å²) in [5.74, 6) is 1.02. The number of rotatable bonds is 3. The zero-order valence-corrected chi connectivity index (χ0v) is 16.2. The second kappa shape index (κ2) is 6.31. The zero-order valence-electron chi connectivity index (χ0n) is 11.4. The maximum Gasteiger partial charge on any atom is 0.122 e. The van der Waals surface area contributed by atoms with E-state index in [2.05, 4.69) is 78.2 Å². The monoisotopic (exact) mass is 473 g/mol. The Morgan fingerprint density at radius 3 is 2.52 bits per heavy atom. The van der Waals surface area contributed by atoms with Crippen LogP contribution in [0.3, 0.4) is 0 Å². The van der Waals surface area contributed by atoms with Gasteiger partial charge in [-0.15, -0.1) is 0 Å². The molecule has 0 saturated heterocycles. The fourth-order valence-corrected chi connectivity index (χ4v) is 4.94. The third-order valence-electron chi connectivity index (χ3n) is 3.58. The summed E-state index contributed by atoms with van der Waals surface area (Å²) >= 11 is 10.7. The lowest BCUT2D eigenvalue weighted by Gasteiger charge is -2.19. The molecule has 110 valence electrons. The number of hydrogen-bond donors (Lipinski definition) is 1. The summed E-state index contributed by atoms with van der Waals surface area (Å²) in [4.78, 5) is 0. The largest absolute Gasteiger partial charge is 0.493 e. The fraction of sp³-hybridized carbons (Fsp3) is 0.250. The van der Waals surface area contributed by atoms with Crippen molar-refractivity contribution < 1.29 is 4.74 Å². The van der Waals surface area contributed by atoms with E-state index >= 15 is 0 Å². The molecule has 0 aromatic heterocycles. The van der Waals surface area contributed by atoms with Gasteiger partial charge in [-0.25, -0.2) is 0 Å². The van der Waals surface area contributed by atoms with Crippen LogP contribution in [0.4, 0.5) is 5.69 Å². The Morgan fingerprint density at radius 2 is 1.81 bits per heavy atom. The Hall–Kier alpha value is -0.520. The predicted molar refractivity (Wildman–Crippen MR) is 97.2 cm³/mol. The van der Waals surface area contributed by atoms with Gasteiger partial charge in [0.2, 0.25) is 0 Å². The molecule has 1 aliphatic heterocycles. The van der Waals surface area contributed by atoms with Gasteiger partial charge in [0.15, 0.2) is 0 Å². The average Bonchev–Trinajstić information content (AvgIpc) is 2.89. The molecule has 0 bridgehead atoms. The lowest BCUT2D eigenvalue weighted by Crippen LogP contribution is -2.08. The molecule has 3 rings (SSSR count). The molecular weight excluding hydrogens is 462 g/mol. The first kappa shape index (κ1) is 15.4. The topological polar surface area (TPSA) is 21.3 Å². The number of hydrogen-bond acceptors (Lipinski definition) is 2. The van der Waals surface area contributed by atoms with E-state index in [1.54, 1.807) is 0 Å². The number of ether oxygens (including phenoxy) is 1. The summed E-state index contributed by atoms with van der Waals surface area (Å²) in [6.07, 6.45) is 1.00. The Balaban J connectivity index is 1.85. The molecule has 0 aliphatic carbocycles. The van der Waals surface area contributed by atoms with Gasteiger partial charge in [-0.2, -0.15) is 0 Å². The van der Waals surface area contributed by atoms with Crippen LogP contribution >= 0.6 is 47.8 Å². The minimum absolute atomic E-state index is 0.213. The van der Waals surface area contributed by atoms with E-state index in [4.69, 9.17) is 4.74 Å². The van der Waals surface area contributed by atoms with Crippen molar-refractivity contribution in [3.63, 3.8) is 0 Å². The molecule has 1 atom stereocenters. The normalized spacial score (nSPS) is 14.5. The number of fused-ring (bicyclic) bond motifs is 1. The second-order valence-electron chi connectivity index (χ2n) is 5.08. The lowest BCUT2D eigenvalue weighted by atomic mass is 10.0. The third-order valence-corrected chi connectivity index (χ3v) is 5.29.